The SMILES string of the molecule is CC(C)COP(=O)(CN1CCN(CP(=O)(OCC(C)C)OCC(C)C)CCN(CP(=O)(OCC(C)C)OCC(C)C)CC1)OCC(C)C. The summed E-state index contributed by atoms with van der Waals surface area (Å²) in [5, 5.41) is 0. The maximum atomic E-state index is 14.1. The number of nitrogens with zero attached hydrogens (tertiary/aromatic N) is 3. The first-order chi connectivity index (χ1) is 22.2. The van der Waals surface area contributed by atoms with Crippen LogP contribution < -0.4 is 0 Å². The van der Waals surface area contributed by atoms with Gasteiger partial charge >= 0.3 is 22.8 Å². The molecule has 1 rings (SSSR count). The molecule has 1 heterocycles. The van der Waals surface area contributed by atoms with Gasteiger partial charge in [0.2, 0.25) is 0 Å². The summed E-state index contributed by atoms with van der Waals surface area (Å²) in [7, 11) is -10.4. The van der Waals surface area contributed by atoms with Crippen molar-refractivity contribution in [2.45, 2.75) is 83.1 Å². The van der Waals surface area contributed by atoms with Crippen LogP contribution in [0.2, 0.25) is 0 Å². The lowest BCUT2D eigenvalue weighted by Crippen LogP contribution is -2.37. The Hall–Kier alpha value is 0.330. The average Bonchev–Trinajstić information content (AvgIpc) is 3.06. The second-order valence-electron chi connectivity index (χ2n) is 15.7. The molecule has 0 aromatic carbocycles. The number of hydrogen-bond donors (Lipinski definition) is 0. The van der Waals surface area contributed by atoms with E-state index in [2.05, 4.69) is 14.7 Å². The summed E-state index contributed by atoms with van der Waals surface area (Å²) in [5.41, 5.74) is 0. The molecular formula is C33H72N3O9P3. The summed E-state index contributed by atoms with van der Waals surface area (Å²) < 4.78 is 78.2. The van der Waals surface area contributed by atoms with Gasteiger partial charge in [-0.25, -0.2) is 0 Å². The summed E-state index contributed by atoms with van der Waals surface area (Å²) in [5.74, 6) is 1.16. The largest absolute Gasteiger partial charge is 0.344 e. The van der Waals surface area contributed by atoms with Gasteiger partial charge in [-0.2, -0.15) is 0 Å². The van der Waals surface area contributed by atoms with Crippen LogP contribution in [0.1, 0.15) is 83.1 Å². The second-order valence-corrected chi connectivity index (χ2v) is 21.8. The molecule has 0 spiro atoms. The van der Waals surface area contributed by atoms with Crippen molar-refractivity contribution in [3.8, 4) is 0 Å². The van der Waals surface area contributed by atoms with E-state index in [-0.39, 0.29) is 54.4 Å². The Bertz CT molecular complexity index is 830. The summed E-state index contributed by atoms with van der Waals surface area (Å²) in [6.07, 6.45) is 0.348. The molecule has 0 saturated carbocycles. The highest BCUT2D eigenvalue weighted by Crippen LogP contribution is 2.52. The Kier molecular flexibility index (Phi) is 22.3. The summed E-state index contributed by atoms with van der Waals surface area (Å²) in [6, 6.07) is 0. The van der Waals surface area contributed by atoms with Crippen LogP contribution in [0.4, 0.5) is 0 Å². The minimum atomic E-state index is -3.47. The maximum Gasteiger partial charge on any atom is 0.344 e. The lowest BCUT2D eigenvalue weighted by molar-refractivity contribution is 0.148. The second kappa shape index (κ2) is 23.1. The predicted octanol–water partition coefficient (Wildman–Crippen LogP) is 8.39. The predicted molar refractivity (Wildman–Crippen MR) is 197 cm³/mol. The van der Waals surface area contributed by atoms with Crippen molar-refractivity contribution >= 4 is 22.8 Å². The van der Waals surface area contributed by atoms with Crippen LogP contribution in [-0.2, 0) is 40.8 Å². The molecule has 15 heteroatoms. The minimum Gasteiger partial charge on any atom is -0.307 e. The van der Waals surface area contributed by atoms with Crippen molar-refractivity contribution in [3.63, 3.8) is 0 Å². The normalized spacial score (nSPS) is 17.4. The summed E-state index contributed by atoms with van der Waals surface area (Å²) >= 11 is 0. The van der Waals surface area contributed by atoms with Gasteiger partial charge in [0.25, 0.3) is 0 Å². The molecule has 1 aliphatic heterocycles. The van der Waals surface area contributed by atoms with Gasteiger partial charge in [0.15, 0.2) is 0 Å². The lowest BCUT2D eigenvalue weighted by Gasteiger charge is -2.30. The Morgan fingerprint density at radius 1 is 0.354 bits per heavy atom. The van der Waals surface area contributed by atoms with Gasteiger partial charge in [-0.15, -0.1) is 0 Å². The van der Waals surface area contributed by atoms with Crippen LogP contribution >= 0.6 is 22.8 Å². The van der Waals surface area contributed by atoms with Gasteiger partial charge in [-0.1, -0.05) is 83.1 Å². The molecule has 0 aliphatic carbocycles. The van der Waals surface area contributed by atoms with Gasteiger partial charge in [0, 0.05) is 39.3 Å². The Morgan fingerprint density at radius 2 is 0.500 bits per heavy atom. The third kappa shape index (κ3) is 21.6. The maximum absolute atomic E-state index is 14.1. The van der Waals surface area contributed by atoms with Gasteiger partial charge < -0.3 is 27.1 Å². The highest BCUT2D eigenvalue weighted by atomic mass is 31.2. The van der Waals surface area contributed by atoms with E-state index in [0.29, 0.717) is 78.9 Å². The van der Waals surface area contributed by atoms with Crippen molar-refractivity contribution in [2.24, 2.45) is 35.5 Å². The molecule has 0 aromatic heterocycles. The van der Waals surface area contributed by atoms with Crippen molar-refractivity contribution in [3.05, 3.63) is 0 Å². The summed E-state index contributed by atoms with van der Waals surface area (Å²) in [6.45, 7) is 29.4. The molecular weight excluding hydrogens is 675 g/mol. The zero-order valence-electron chi connectivity index (χ0n) is 32.4. The van der Waals surface area contributed by atoms with E-state index in [4.69, 9.17) is 27.1 Å². The van der Waals surface area contributed by atoms with Gasteiger partial charge in [0.1, 0.15) is 18.9 Å². The average molecular weight is 748 g/mol. The Labute approximate surface area is 294 Å². The third-order valence-electron chi connectivity index (χ3n) is 6.94. The van der Waals surface area contributed by atoms with Crippen molar-refractivity contribution in [1.82, 2.24) is 14.7 Å². The van der Waals surface area contributed by atoms with E-state index in [1.807, 2.05) is 83.1 Å². The zero-order chi connectivity index (χ0) is 36.5. The molecule has 0 unspecified atom stereocenters. The Balaban J connectivity index is 3.40. The zero-order valence-corrected chi connectivity index (χ0v) is 35.1. The van der Waals surface area contributed by atoms with Crippen molar-refractivity contribution in [2.75, 3.05) is 97.8 Å². The van der Waals surface area contributed by atoms with Crippen LogP contribution in [0, 0.1) is 35.5 Å². The van der Waals surface area contributed by atoms with Gasteiger partial charge in [-0.05, 0) is 35.5 Å². The van der Waals surface area contributed by atoms with E-state index < -0.39 is 22.8 Å². The Morgan fingerprint density at radius 3 is 0.625 bits per heavy atom. The molecule has 0 atom stereocenters. The van der Waals surface area contributed by atoms with Crippen LogP contribution in [0.25, 0.3) is 0 Å². The molecule has 12 nitrogen and oxygen atoms in total. The molecule has 1 fully saturated rings. The molecule has 0 aromatic rings. The van der Waals surface area contributed by atoms with Crippen molar-refractivity contribution in [1.29, 1.82) is 0 Å². The van der Waals surface area contributed by atoms with Crippen LogP contribution in [0.15, 0.2) is 0 Å². The monoisotopic (exact) mass is 747 g/mol. The van der Waals surface area contributed by atoms with Gasteiger partial charge in [0.05, 0.1) is 39.6 Å². The molecule has 288 valence electrons. The van der Waals surface area contributed by atoms with E-state index >= 15 is 0 Å². The quantitative estimate of drug-likeness (QED) is 0.0883. The topological polar surface area (TPSA) is 116 Å². The fourth-order valence-corrected chi connectivity index (χ4v) is 10.5. The molecule has 1 saturated heterocycles. The van der Waals surface area contributed by atoms with Gasteiger partial charge in [-0.3, -0.25) is 28.4 Å². The van der Waals surface area contributed by atoms with Crippen molar-refractivity contribution < 1.29 is 40.8 Å². The van der Waals surface area contributed by atoms with E-state index in [9.17, 15) is 13.7 Å². The summed E-state index contributed by atoms with van der Waals surface area (Å²) in [4.78, 5) is 6.24. The third-order valence-corrected chi connectivity index (χ3v) is 12.4. The molecule has 0 radical (unpaired) electrons. The highest BCUT2D eigenvalue weighted by Gasteiger charge is 2.35. The number of rotatable bonds is 24. The molecule has 0 bridgehead atoms. The first-order valence-corrected chi connectivity index (χ1v) is 23.2. The number of hydrogen-bond acceptors (Lipinski definition) is 12. The minimum absolute atomic E-state index is 0.116. The van der Waals surface area contributed by atoms with E-state index in [1.54, 1.807) is 0 Å². The fraction of sp³-hybridized carbons (Fsp3) is 1.00. The van der Waals surface area contributed by atoms with E-state index in [1.165, 1.54) is 0 Å². The standard InChI is InChI=1S/C33H72N3O9P3/c1-28(2)19-40-46(37,41-20-29(3)4)25-34-13-15-35(26-47(38,42-21-30(5)6)43-22-31(7)8)17-18-36(16-14-34)27-48(39,44-23-32(9)10)45-24-33(11)12/h28-33H,13-27H2,1-12H3. The first-order valence-electron chi connectivity index (χ1n) is 18.0. The van der Waals surface area contributed by atoms with Crippen LogP contribution in [-0.4, -0.2) is 112 Å². The van der Waals surface area contributed by atoms with Crippen LogP contribution in [0.5, 0.6) is 0 Å². The molecule has 0 N–H and O–H groups in total. The van der Waals surface area contributed by atoms with E-state index in [0.717, 1.165) is 0 Å². The first kappa shape index (κ1) is 46.4. The van der Waals surface area contributed by atoms with Crippen LogP contribution in [0.3, 0.4) is 0 Å². The highest BCUT2D eigenvalue weighted by molar-refractivity contribution is 7.54. The molecule has 48 heavy (non-hydrogen) atoms. The molecule has 1 aliphatic rings. The fourth-order valence-electron chi connectivity index (χ4n) is 4.28. The lowest BCUT2D eigenvalue weighted by atomic mass is 10.2. The molecule has 0 amide bonds. The smallest absolute Gasteiger partial charge is 0.307 e.